The van der Waals surface area contributed by atoms with Crippen molar-refractivity contribution >= 4 is 17.9 Å². The van der Waals surface area contributed by atoms with E-state index in [1.54, 1.807) is 36.4 Å². The Hall–Kier alpha value is -5.31. The van der Waals surface area contributed by atoms with E-state index in [4.69, 9.17) is 28.4 Å². The van der Waals surface area contributed by atoms with E-state index in [-0.39, 0.29) is 45.6 Å². The van der Waals surface area contributed by atoms with Crippen LogP contribution in [0.25, 0.3) is 0 Å². The summed E-state index contributed by atoms with van der Waals surface area (Å²) in [6, 6.07) is 21.5. The van der Waals surface area contributed by atoms with Crippen LogP contribution in [0.2, 0.25) is 0 Å². The van der Waals surface area contributed by atoms with E-state index in [0.717, 1.165) is 16.7 Å². The van der Waals surface area contributed by atoms with E-state index >= 15 is 0 Å². The van der Waals surface area contributed by atoms with Crippen molar-refractivity contribution in [2.24, 2.45) is 0 Å². The molecule has 0 aliphatic carbocycles. The molecule has 0 radical (unpaired) electrons. The Morgan fingerprint density at radius 2 is 0.818 bits per heavy atom. The van der Waals surface area contributed by atoms with Crippen molar-refractivity contribution in [3.05, 3.63) is 145 Å². The zero-order valence-corrected chi connectivity index (χ0v) is 24.5. The Labute approximate surface area is 257 Å². The van der Waals surface area contributed by atoms with Crippen LogP contribution in [0.5, 0.6) is 0 Å². The van der Waals surface area contributed by atoms with Crippen LogP contribution >= 0.6 is 0 Å². The summed E-state index contributed by atoms with van der Waals surface area (Å²) in [6.07, 6.45) is 4.45. The van der Waals surface area contributed by atoms with E-state index < -0.39 is 17.9 Å². The molecule has 0 N–H and O–H groups in total. The third-order valence-electron chi connectivity index (χ3n) is 6.38. The zero-order valence-electron chi connectivity index (χ0n) is 24.5. The standard InChI is InChI=1S/C35H36O9/c1-4-39-19-22-42-33(36)29-9-7-26(8-10-29)25-32(27-11-15-30(16-12-27)34(37)43-23-20-40-5-2)28-13-17-31(18-14-28)35(38)44-24-21-41-6-3/h4-18,32H,1-3,19-25H2. The average Bonchev–Trinajstić information content (AvgIpc) is 3.06. The highest BCUT2D eigenvalue weighted by Gasteiger charge is 2.18. The SMILES string of the molecule is C=COCCOC(=O)c1ccc(CC(c2ccc(C(=O)OCCOC=C)cc2)c2ccc(C(=O)OCCOC=C)cc2)cc1. The molecule has 3 aromatic rings. The van der Waals surface area contributed by atoms with Gasteiger partial charge in [-0.25, -0.2) is 14.4 Å². The van der Waals surface area contributed by atoms with Crippen LogP contribution in [0.3, 0.4) is 0 Å². The zero-order chi connectivity index (χ0) is 31.6. The number of carbonyl (C=O) groups is 3. The van der Waals surface area contributed by atoms with Crippen molar-refractivity contribution in [1.29, 1.82) is 0 Å². The summed E-state index contributed by atoms with van der Waals surface area (Å²) < 4.78 is 30.6. The Kier molecular flexibility index (Phi) is 13.8. The van der Waals surface area contributed by atoms with Crippen molar-refractivity contribution < 1.29 is 42.8 Å². The van der Waals surface area contributed by atoms with E-state index in [0.29, 0.717) is 23.1 Å². The second kappa shape index (κ2) is 18.3. The first kappa shape index (κ1) is 33.2. The predicted molar refractivity (Wildman–Crippen MR) is 164 cm³/mol. The lowest BCUT2D eigenvalue weighted by molar-refractivity contribution is 0.0414. The lowest BCUT2D eigenvalue weighted by atomic mass is 9.85. The van der Waals surface area contributed by atoms with Crippen LogP contribution in [0.15, 0.2) is 111 Å². The average molecular weight is 601 g/mol. The monoisotopic (exact) mass is 600 g/mol. The summed E-state index contributed by atoms with van der Waals surface area (Å²) in [6.45, 7) is 11.4. The molecule has 0 aromatic heterocycles. The number of benzene rings is 3. The highest BCUT2D eigenvalue weighted by atomic mass is 16.6. The third-order valence-corrected chi connectivity index (χ3v) is 6.38. The highest BCUT2D eigenvalue weighted by Crippen LogP contribution is 2.30. The van der Waals surface area contributed by atoms with Crippen LogP contribution in [-0.2, 0) is 34.8 Å². The van der Waals surface area contributed by atoms with Crippen molar-refractivity contribution in [1.82, 2.24) is 0 Å². The van der Waals surface area contributed by atoms with Crippen molar-refractivity contribution in [2.45, 2.75) is 12.3 Å². The quantitative estimate of drug-likeness (QED) is 0.0707. The molecule has 230 valence electrons. The fourth-order valence-electron chi connectivity index (χ4n) is 4.19. The molecule has 0 saturated heterocycles. The van der Waals surface area contributed by atoms with Gasteiger partial charge in [0.05, 0.1) is 35.5 Å². The molecule has 0 amide bonds. The lowest BCUT2D eigenvalue weighted by Crippen LogP contribution is -2.12. The molecule has 0 heterocycles. The smallest absolute Gasteiger partial charge is 0.338 e. The van der Waals surface area contributed by atoms with Crippen molar-refractivity contribution in [3.63, 3.8) is 0 Å². The summed E-state index contributed by atoms with van der Waals surface area (Å²) in [5.41, 5.74) is 4.10. The first-order valence-electron chi connectivity index (χ1n) is 13.9. The number of ether oxygens (including phenoxy) is 6. The largest absolute Gasteiger partial charge is 0.498 e. The second-order valence-corrected chi connectivity index (χ2v) is 9.22. The molecule has 0 fully saturated rings. The minimum Gasteiger partial charge on any atom is -0.498 e. The molecule has 3 aromatic carbocycles. The molecule has 44 heavy (non-hydrogen) atoms. The Balaban J connectivity index is 1.78. The minimum atomic E-state index is -0.458. The van der Waals surface area contributed by atoms with Gasteiger partial charge in [0.25, 0.3) is 0 Å². The van der Waals surface area contributed by atoms with Gasteiger partial charge in [0.1, 0.15) is 39.6 Å². The number of carbonyl (C=O) groups excluding carboxylic acids is 3. The lowest BCUT2D eigenvalue weighted by Gasteiger charge is -2.19. The predicted octanol–water partition coefficient (Wildman–Crippen LogP) is 6.01. The van der Waals surface area contributed by atoms with Crippen LogP contribution in [-0.4, -0.2) is 57.5 Å². The van der Waals surface area contributed by atoms with Crippen LogP contribution < -0.4 is 0 Å². The second-order valence-electron chi connectivity index (χ2n) is 9.22. The molecule has 0 bridgehead atoms. The number of esters is 3. The molecule has 0 unspecified atom stereocenters. The maximum Gasteiger partial charge on any atom is 0.338 e. The van der Waals surface area contributed by atoms with E-state index in [1.165, 1.54) is 18.8 Å². The molecule has 3 rings (SSSR count). The number of rotatable bonds is 19. The van der Waals surface area contributed by atoms with E-state index in [1.807, 2.05) is 36.4 Å². The first-order chi connectivity index (χ1) is 21.5. The third kappa shape index (κ3) is 10.5. The van der Waals surface area contributed by atoms with Gasteiger partial charge in [0.2, 0.25) is 0 Å². The fourth-order valence-corrected chi connectivity index (χ4v) is 4.19. The summed E-state index contributed by atoms with van der Waals surface area (Å²) in [7, 11) is 0. The van der Waals surface area contributed by atoms with Gasteiger partial charge in [-0.3, -0.25) is 0 Å². The Morgan fingerprint density at radius 3 is 1.14 bits per heavy atom. The number of hydrogen-bond donors (Lipinski definition) is 0. The van der Waals surface area contributed by atoms with Gasteiger partial charge in [-0.15, -0.1) is 0 Å². The van der Waals surface area contributed by atoms with Gasteiger partial charge in [-0.05, 0) is 59.5 Å². The first-order valence-corrected chi connectivity index (χ1v) is 13.9. The van der Waals surface area contributed by atoms with Crippen LogP contribution in [0.4, 0.5) is 0 Å². The summed E-state index contributed by atoms with van der Waals surface area (Å²) in [5.74, 6) is -1.50. The Morgan fingerprint density at radius 1 is 0.500 bits per heavy atom. The molecule has 9 nitrogen and oxygen atoms in total. The van der Waals surface area contributed by atoms with Gasteiger partial charge >= 0.3 is 17.9 Å². The fraction of sp³-hybridized carbons (Fsp3) is 0.229. The van der Waals surface area contributed by atoms with Crippen molar-refractivity contribution in [3.8, 4) is 0 Å². The Bertz CT molecular complexity index is 1310. The van der Waals surface area contributed by atoms with Crippen LogP contribution in [0.1, 0.15) is 53.7 Å². The maximum absolute atomic E-state index is 12.4. The summed E-state index contributed by atoms with van der Waals surface area (Å²) in [4.78, 5) is 37.2. The molecule has 0 saturated carbocycles. The van der Waals surface area contributed by atoms with Gasteiger partial charge in [0.15, 0.2) is 0 Å². The minimum absolute atomic E-state index is 0.109. The van der Waals surface area contributed by atoms with E-state index in [2.05, 4.69) is 19.7 Å². The molecular weight excluding hydrogens is 564 g/mol. The molecule has 0 aliphatic heterocycles. The van der Waals surface area contributed by atoms with Crippen molar-refractivity contribution in [2.75, 3.05) is 39.6 Å². The number of hydrogen-bond acceptors (Lipinski definition) is 9. The summed E-state index contributed by atoms with van der Waals surface area (Å²) in [5, 5.41) is 0. The van der Waals surface area contributed by atoms with Crippen LogP contribution in [0, 0.1) is 0 Å². The molecule has 9 heteroatoms. The highest BCUT2D eigenvalue weighted by molar-refractivity contribution is 5.90. The van der Waals surface area contributed by atoms with Gasteiger partial charge in [0, 0.05) is 5.92 Å². The molecule has 0 spiro atoms. The van der Waals surface area contributed by atoms with Gasteiger partial charge in [-0.2, -0.15) is 0 Å². The maximum atomic E-state index is 12.4. The topological polar surface area (TPSA) is 107 Å². The molecule has 0 atom stereocenters. The molecule has 0 aliphatic rings. The normalized spacial score (nSPS) is 10.3. The van der Waals surface area contributed by atoms with Gasteiger partial charge < -0.3 is 28.4 Å². The van der Waals surface area contributed by atoms with Gasteiger partial charge in [-0.1, -0.05) is 56.1 Å². The summed E-state index contributed by atoms with van der Waals surface area (Å²) >= 11 is 0. The van der Waals surface area contributed by atoms with E-state index in [9.17, 15) is 14.4 Å². The molecular formula is C35H36O9.